The van der Waals surface area contributed by atoms with E-state index in [-0.39, 0.29) is 17.8 Å². The molecule has 0 saturated heterocycles. The molecule has 0 aliphatic rings. The molecule has 14 heavy (non-hydrogen) atoms. The third kappa shape index (κ3) is 6.35. The SMILES string of the molecule is COC(C)CC(O)CCC(C)(C)OC. The van der Waals surface area contributed by atoms with Crippen molar-refractivity contribution in [1.29, 1.82) is 0 Å². The van der Waals surface area contributed by atoms with Crippen molar-refractivity contribution in [2.75, 3.05) is 14.2 Å². The van der Waals surface area contributed by atoms with Crippen LogP contribution < -0.4 is 0 Å². The van der Waals surface area contributed by atoms with Crippen LogP contribution in [0.3, 0.4) is 0 Å². The number of aliphatic hydroxyl groups is 1. The minimum atomic E-state index is -0.292. The highest BCUT2D eigenvalue weighted by Gasteiger charge is 2.19. The topological polar surface area (TPSA) is 38.7 Å². The predicted octanol–water partition coefficient (Wildman–Crippen LogP) is 1.98. The zero-order valence-electron chi connectivity index (χ0n) is 10.0. The van der Waals surface area contributed by atoms with E-state index < -0.39 is 0 Å². The molecule has 0 heterocycles. The van der Waals surface area contributed by atoms with Crippen LogP contribution in [0.5, 0.6) is 0 Å². The summed E-state index contributed by atoms with van der Waals surface area (Å²) in [6.45, 7) is 6.02. The van der Waals surface area contributed by atoms with Crippen molar-refractivity contribution >= 4 is 0 Å². The van der Waals surface area contributed by atoms with Crippen LogP contribution in [0.2, 0.25) is 0 Å². The van der Waals surface area contributed by atoms with E-state index in [1.807, 2.05) is 20.8 Å². The molecule has 0 radical (unpaired) electrons. The van der Waals surface area contributed by atoms with Crippen molar-refractivity contribution < 1.29 is 14.6 Å². The van der Waals surface area contributed by atoms with Gasteiger partial charge in [0.1, 0.15) is 0 Å². The lowest BCUT2D eigenvalue weighted by molar-refractivity contribution is -0.00522. The van der Waals surface area contributed by atoms with Gasteiger partial charge in [0.25, 0.3) is 0 Å². The van der Waals surface area contributed by atoms with Gasteiger partial charge in [0.15, 0.2) is 0 Å². The first kappa shape index (κ1) is 13.9. The average molecular weight is 204 g/mol. The zero-order chi connectivity index (χ0) is 11.2. The lowest BCUT2D eigenvalue weighted by atomic mass is 9.98. The van der Waals surface area contributed by atoms with Crippen molar-refractivity contribution in [2.45, 2.75) is 57.8 Å². The molecule has 0 spiro atoms. The Bertz CT molecular complexity index is 145. The van der Waals surface area contributed by atoms with E-state index in [0.717, 1.165) is 12.8 Å². The van der Waals surface area contributed by atoms with Crippen LogP contribution in [-0.4, -0.2) is 37.1 Å². The number of rotatable bonds is 7. The van der Waals surface area contributed by atoms with Gasteiger partial charge < -0.3 is 14.6 Å². The number of methoxy groups -OCH3 is 2. The van der Waals surface area contributed by atoms with Crippen LogP contribution >= 0.6 is 0 Å². The molecular formula is C11H24O3. The highest BCUT2D eigenvalue weighted by atomic mass is 16.5. The molecule has 1 N–H and O–H groups in total. The van der Waals surface area contributed by atoms with E-state index in [1.165, 1.54) is 0 Å². The van der Waals surface area contributed by atoms with E-state index in [9.17, 15) is 5.11 Å². The number of hydrogen-bond acceptors (Lipinski definition) is 3. The van der Waals surface area contributed by atoms with Crippen molar-refractivity contribution in [2.24, 2.45) is 0 Å². The van der Waals surface area contributed by atoms with Crippen LogP contribution in [0.25, 0.3) is 0 Å². The molecule has 0 aliphatic carbocycles. The molecule has 0 bridgehead atoms. The van der Waals surface area contributed by atoms with Gasteiger partial charge in [-0.05, 0) is 40.0 Å². The summed E-state index contributed by atoms with van der Waals surface area (Å²) in [6.07, 6.45) is 2.14. The minimum Gasteiger partial charge on any atom is -0.393 e. The predicted molar refractivity (Wildman–Crippen MR) is 57.4 cm³/mol. The maximum atomic E-state index is 9.67. The van der Waals surface area contributed by atoms with E-state index in [4.69, 9.17) is 9.47 Å². The van der Waals surface area contributed by atoms with Crippen LogP contribution in [0.15, 0.2) is 0 Å². The Kier molecular flexibility index (Phi) is 6.33. The van der Waals surface area contributed by atoms with Crippen LogP contribution in [-0.2, 0) is 9.47 Å². The summed E-state index contributed by atoms with van der Waals surface area (Å²) >= 11 is 0. The Morgan fingerprint density at radius 3 is 2.29 bits per heavy atom. The van der Waals surface area contributed by atoms with Crippen LogP contribution in [0.4, 0.5) is 0 Å². The molecule has 86 valence electrons. The number of hydrogen-bond donors (Lipinski definition) is 1. The van der Waals surface area contributed by atoms with E-state index in [1.54, 1.807) is 14.2 Å². The fourth-order valence-corrected chi connectivity index (χ4v) is 1.21. The van der Waals surface area contributed by atoms with Crippen LogP contribution in [0, 0.1) is 0 Å². The Morgan fingerprint density at radius 1 is 1.29 bits per heavy atom. The molecule has 0 rings (SSSR count). The molecule has 0 aliphatic heterocycles. The van der Waals surface area contributed by atoms with Gasteiger partial charge >= 0.3 is 0 Å². The van der Waals surface area contributed by atoms with E-state index in [0.29, 0.717) is 6.42 Å². The van der Waals surface area contributed by atoms with Gasteiger partial charge in [-0.3, -0.25) is 0 Å². The maximum Gasteiger partial charge on any atom is 0.0623 e. The zero-order valence-corrected chi connectivity index (χ0v) is 10.0. The van der Waals surface area contributed by atoms with E-state index >= 15 is 0 Å². The fraction of sp³-hybridized carbons (Fsp3) is 1.00. The molecule has 0 fully saturated rings. The molecule has 0 aromatic rings. The van der Waals surface area contributed by atoms with Crippen molar-refractivity contribution in [3.63, 3.8) is 0 Å². The molecule has 2 unspecified atom stereocenters. The first-order valence-corrected chi connectivity index (χ1v) is 5.17. The van der Waals surface area contributed by atoms with Crippen molar-refractivity contribution in [1.82, 2.24) is 0 Å². The normalized spacial score (nSPS) is 16.7. The monoisotopic (exact) mass is 204 g/mol. The van der Waals surface area contributed by atoms with Gasteiger partial charge in [-0.15, -0.1) is 0 Å². The fourth-order valence-electron chi connectivity index (χ4n) is 1.21. The Morgan fingerprint density at radius 2 is 1.86 bits per heavy atom. The van der Waals surface area contributed by atoms with Crippen LogP contribution in [0.1, 0.15) is 40.0 Å². The summed E-state index contributed by atoms with van der Waals surface area (Å²) < 4.78 is 10.4. The van der Waals surface area contributed by atoms with Crippen molar-refractivity contribution in [3.8, 4) is 0 Å². The second kappa shape index (κ2) is 6.38. The van der Waals surface area contributed by atoms with Gasteiger partial charge in [-0.2, -0.15) is 0 Å². The molecule has 0 amide bonds. The summed E-state index contributed by atoms with van der Waals surface area (Å²) in [5.41, 5.74) is -0.142. The lowest BCUT2D eigenvalue weighted by Crippen LogP contribution is -2.26. The summed E-state index contributed by atoms with van der Waals surface area (Å²) in [7, 11) is 3.36. The highest BCUT2D eigenvalue weighted by molar-refractivity contribution is 4.71. The molecule has 0 saturated carbocycles. The summed E-state index contributed by atoms with van der Waals surface area (Å²) in [5.74, 6) is 0. The van der Waals surface area contributed by atoms with E-state index in [2.05, 4.69) is 0 Å². The Balaban J connectivity index is 3.68. The van der Waals surface area contributed by atoms with Gasteiger partial charge in [-0.25, -0.2) is 0 Å². The molecule has 3 nitrogen and oxygen atoms in total. The van der Waals surface area contributed by atoms with Gasteiger partial charge in [0.2, 0.25) is 0 Å². The molecule has 3 heteroatoms. The highest BCUT2D eigenvalue weighted by Crippen LogP contribution is 2.18. The Labute approximate surface area is 87.4 Å². The standard InChI is InChI=1S/C11H24O3/c1-9(13-4)8-10(12)6-7-11(2,3)14-5/h9-10,12H,6-8H2,1-5H3. The third-order valence-electron chi connectivity index (χ3n) is 2.64. The first-order valence-electron chi connectivity index (χ1n) is 5.17. The largest absolute Gasteiger partial charge is 0.393 e. The molecular weight excluding hydrogens is 180 g/mol. The summed E-state index contributed by atoms with van der Waals surface area (Å²) in [5, 5.41) is 9.67. The quantitative estimate of drug-likeness (QED) is 0.689. The molecule has 0 aromatic heterocycles. The Hall–Kier alpha value is -0.120. The smallest absolute Gasteiger partial charge is 0.0623 e. The van der Waals surface area contributed by atoms with Crippen molar-refractivity contribution in [3.05, 3.63) is 0 Å². The minimum absolute atomic E-state index is 0.121. The second-order valence-corrected chi connectivity index (χ2v) is 4.44. The second-order valence-electron chi connectivity index (χ2n) is 4.44. The molecule has 2 atom stereocenters. The maximum absolute atomic E-state index is 9.67. The third-order valence-corrected chi connectivity index (χ3v) is 2.64. The van der Waals surface area contributed by atoms with Gasteiger partial charge in [0.05, 0.1) is 17.8 Å². The molecule has 0 aromatic carbocycles. The van der Waals surface area contributed by atoms with Gasteiger partial charge in [-0.1, -0.05) is 0 Å². The summed E-state index contributed by atoms with van der Waals surface area (Å²) in [4.78, 5) is 0. The first-order chi connectivity index (χ1) is 6.41. The lowest BCUT2D eigenvalue weighted by Gasteiger charge is -2.24. The summed E-state index contributed by atoms with van der Waals surface area (Å²) in [6, 6.07) is 0. The number of aliphatic hydroxyl groups excluding tert-OH is 1. The average Bonchev–Trinajstić information content (AvgIpc) is 2.15. The van der Waals surface area contributed by atoms with Gasteiger partial charge in [0, 0.05) is 14.2 Å². The number of ether oxygens (including phenoxy) is 2.